The lowest BCUT2D eigenvalue weighted by Gasteiger charge is -2.09. The molecule has 0 heterocycles. The van der Waals surface area contributed by atoms with Crippen LogP contribution in [0.25, 0.3) is 0 Å². The summed E-state index contributed by atoms with van der Waals surface area (Å²) in [5.41, 5.74) is 3.78. The van der Waals surface area contributed by atoms with Crippen molar-refractivity contribution in [2.24, 2.45) is 5.10 Å². The van der Waals surface area contributed by atoms with Gasteiger partial charge in [0, 0.05) is 0 Å². The van der Waals surface area contributed by atoms with E-state index in [-0.39, 0.29) is 18.1 Å². The minimum absolute atomic E-state index is 0.120. The number of methoxy groups -OCH3 is 2. The number of phenols is 1. The van der Waals surface area contributed by atoms with Gasteiger partial charge in [-0.25, -0.2) is 5.43 Å². The fraction of sp³-hybridized carbons (Fsp3) is 0.176. The molecule has 6 nitrogen and oxygen atoms in total. The van der Waals surface area contributed by atoms with Crippen LogP contribution in [0.1, 0.15) is 11.1 Å². The lowest BCUT2D eigenvalue weighted by atomic mass is 10.1. The molecule has 0 aromatic heterocycles. The van der Waals surface area contributed by atoms with Crippen LogP contribution in [0, 0.1) is 0 Å². The van der Waals surface area contributed by atoms with Crippen LogP contribution < -0.4 is 14.9 Å². The number of amides is 1. The van der Waals surface area contributed by atoms with Gasteiger partial charge in [0.15, 0.2) is 0 Å². The first-order valence-corrected chi connectivity index (χ1v) is 6.95. The van der Waals surface area contributed by atoms with Crippen LogP contribution in [0.3, 0.4) is 0 Å². The first-order valence-electron chi connectivity index (χ1n) is 6.95. The number of nitrogens with one attached hydrogen (secondary N) is 1. The largest absolute Gasteiger partial charge is 0.508 e. The molecule has 0 spiro atoms. The Morgan fingerprint density at radius 1 is 1.17 bits per heavy atom. The van der Waals surface area contributed by atoms with E-state index in [1.54, 1.807) is 50.6 Å². The maximum absolute atomic E-state index is 11.9. The van der Waals surface area contributed by atoms with Crippen molar-refractivity contribution in [3.63, 3.8) is 0 Å². The quantitative estimate of drug-likeness (QED) is 0.632. The van der Waals surface area contributed by atoms with Gasteiger partial charge in [-0.1, -0.05) is 18.2 Å². The Morgan fingerprint density at radius 2 is 1.83 bits per heavy atom. The molecule has 0 aliphatic rings. The first-order chi connectivity index (χ1) is 11.1. The normalized spacial score (nSPS) is 10.5. The minimum Gasteiger partial charge on any atom is -0.508 e. The highest BCUT2D eigenvalue weighted by Gasteiger charge is 2.07. The molecular weight excluding hydrogens is 296 g/mol. The Hall–Kier alpha value is -3.02. The van der Waals surface area contributed by atoms with Crippen LogP contribution in [-0.4, -0.2) is 31.4 Å². The summed E-state index contributed by atoms with van der Waals surface area (Å²) in [7, 11) is 3.10. The van der Waals surface area contributed by atoms with Crippen molar-refractivity contribution in [1.29, 1.82) is 0 Å². The number of ether oxygens (including phenoxy) is 2. The third-order valence-electron chi connectivity index (χ3n) is 3.12. The van der Waals surface area contributed by atoms with E-state index in [1.807, 2.05) is 0 Å². The predicted molar refractivity (Wildman–Crippen MR) is 87.1 cm³/mol. The number of hydrazone groups is 1. The maximum atomic E-state index is 11.9. The summed E-state index contributed by atoms with van der Waals surface area (Å²) in [4.78, 5) is 11.9. The van der Waals surface area contributed by atoms with Gasteiger partial charge >= 0.3 is 0 Å². The topological polar surface area (TPSA) is 80.2 Å². The van der Waals surface area contributed by atoms with Crippen molar-refractivity contribution in [2.75, 3.05) is 14.2 Å². The van der Waals surface area contributed by atoms with Crippen LogP contribution in [-0.2, 0) is 11.2 Å². The molecule has 6 heteroatoms. The van der Waals surface area contributed by atoms with Crippen molar-refractivity contribution in [3.05, 3.63) is 53.6 Å². The molecule has 120 valence electrons. The molecule has 0 aliphatic carbocycles. The summed E-state index contributed by atoms with van der Waals surface area (Å²) in [6.07, 6.45) is 1.59. The zero-order valence-electron chi connectivity index (χ0n) is 12.9. The highest BCUT2D eigenvalue weighted by atomic mass is 16.5. The average molecular weight is 314 g/mol. The number of nitrogens with zero attached hydrogens (tertiary/aromatic N) is 1. The van der Waals surface area contributed by atoms with E-state index in [9.17, 15) is 9.90 Å². The van der Waals surface area contributed by atoms with Crippen molar-refractivity contribution in [2.45, 2.75) is 6.42 Å². The van der Waals surface area contributed by atoms with Gasteiger partial charge in [-0.2, -0.15) is 5.10 Å². The predicted octanol–water partition coefficient (Wildman–Crippen LogP) is 2.10. The number of aromatic hydroxyl groups is 1. The number of hydrogen-bond acceptors (Lipinski definition) is 5. The average Bonchev–Trinajstić information content (AvgIpc) is 2.54. The lowest BCUT2D eigenvalue weighted by molar-refractivity contribution is -0.120. The van der Waals surface area contributed by atoms with Crippen LogP contribution >= 0.6 is 0 Å². The molecule has 0 saturated heterocycles. The summed E-state index contributed by atoms with van der Waals surface area (Å²) < 4.78 is 10.5. The third kappa shape index (κ3) is 4.47. The fourth-order valence-electron chi connectivity index (χ4n) is 2.07. The number of carbonyl (C=O) groups is 1. The van der Waals surface area contributed by atoms with Gasteiger partial charge in [-0.15, -0.1) is 0 Å². The van der Waals surface area contributed by atoms with Crippen LogP contribution in [0.4, 0.5) is 0 Å². The second-order valence-corrected chi connectivity index (χ2v) is 4.72. The second kappa shape index (κ2) is 7.84. The molecule has 2 aromatic carbocycles. The third-order valence-corrected chi connectivity index (χ3v) is 3.12. The lowest BCUT2D eigenvalue weighted by Crippen LogP contribution is -2.19. The van der Waals surface area contributed by atoms with E-state index < -0.39 is 0 Å². The summed E-state index contributed by atoms with van der Waals surface area (Å²) in [5, 5.41) is 13.3. The Bertz CT molecular complexity index is 691. The Kier molecular flexibility index (Phi) is 5.57. The van der Waals surface area contributed by atoms with E-state index in [4.69, 9.17) is 9.47 Å². The monoisotopic (exact) mass is 314 g/mol. The summed E-state index contributed by atoms with van der Waals surface area (Å²) in [6, 6.07) is 11.9. The number of carbonyl (C=O) groups excluding carboxylic acids is 1. The molecule has 23 heavy (non-hydrogen) atoms. The van der Waals surface area contributed by atoms with E-state index in [0.717, 1.165) is 0 Å². The number of phenolic OH excluding ortho intramolecular Hbond substituents is 1. The zero-order chi connectivity index (χ0) is 16.7. The molecular formula is C17H18N2O4. The van der Waals surface area contributed by atoms with E-state index >= 15 is 0 Å². The molecule has 0 unspecified atom stereocenters. The van der Waals surface area contributed by atoms with Crippen molar-refractivity contribution < 1.29 is 19.4 Å². The van der Waals surface area contributed by atoms with Crippen molar-refractivity contribution >= 4 is 12.1 Å². The number of hydrogen-bond donors (Lipinski definition) is 2. The molecule has 0 radical (unpaired) electrons. The standard InChI is InChI=1S/C17H18N2O4/c1-22-15-7-4-8-16(23-2)14(15)11-18-19-17(21)10-12-5-3-6-13(20)9-12/h3-9,11,20H,10H2,1-2H3,(H,19,21)/b18-11+. The van der Waals surface area contributed by atoms with Gasteiger partial charge in [-0.05, 0) is 29.8 Å². The van der Waals surface area contributed by atoms with Gasteiger partial charge in [0.25, 0.3) is 0 Å². The van der Waals surface area contributed by atoms with Crippen LogP contribution in [0.15, 0.2) is 47.6 Å². The Balaban J connectivity index is 2.03. The van der Waals surface area contributed by atoms with Crippen LogP contribution in [0.2, 0.25) is 0 Å². The highest BCUT2D eigenvalue weighted by molar-refractivity contribution is 5.88. The van der Waals surface area contributed by atoms with Crippen molar-refractivity contribution in [1.82, 2.24) is 5.43 Å². The molecule has 0 saturated carbocycles. The molecule has 0 atom stereocenters. The Labute approximate surface area is 134 Å². The Morgan fingerprint density at radius 3 is 2.43 bits per heavy atom. The van der Waals surface area contributed by atoms with E-state index in [0.29, 0.717) is 22.6 Å². The molecule has 0 aliphatic heterocycles. The van der Waals surface area contributed by atoms with Gasteiger partial charge < -0.3 is 14.6 Å². The molecule has 2 rings (SSSR count). The van der Waals surface area contributed by atoms with Gasteiger partial charge in [0.05, 0.1) is 32.4 Å². The summed E-state index contributed by atoms with van der Waals surface area (Å²) in [5.74, 6) is 1.02. The summed E-state index contributed by atoms with van der Waals surface area (Å²) in [6.45, 7) is 0. The van der Waals surface area contributed by atoms with Gasteiger partial charge in [0.1, 0.15) is 17.2 Å². The van der Waals surface area contributed by atoms with Crippen molar-refractivity contribution in [3.8, 4) is 17.2 Å². The van der Waals surface area contributed by atoms with E-state index in [1.165, 1.54) is 12.3 Å². The molecule has 2 N–H and O–H groups in total. The fourth-order valence-corrected chi connectivity index (χ4v) is 2.07. The maximum Gasteiger partial charge on any atom is 0.244 e. The number of benzene rings is 2. The smallest absolute Gasteiger partial charge is 0.244 e. The molecule has 0 fully saturated rings. The minimum atomic E-state index is -0.291. The molecule has 0 bridgehead atoms. The SMILES string of the molecule is COc1cccc(OC)c1/C=N/NC(=O)Cc1cccc(O)c1. The van der Waals surface area contributed by atoms with Gasteiger partial charge in [0.2, 0.25) is 5.91 Å². The second-order valence-electron chi connectivity index (χ2n) is 4.72. The summed E-state index contributed by atoms with van der Waals surface area (Å²) >= 11 is 0. The highest BCUT2D eigenvalue weighted by Crippen LogP contribution is 2.26. The first kappa shape index (κ1) is 16.4. The molecule has 2 aromatic rings. The van der Waals surface area contributed by atoms with E-state index in [2.05, 4.69) is 10.5 Å². The zero-order valence-corrected chi connectivity index (χ0v) is 12.9. The molecule has 1 amide bonds. The van der Waals surface area contributed by atoms with Crippen LogP contribution in [0.5, 0.6) is 17.2 Å². The van der Waals surface area contributed by atoms with Gasteiger partial charge in [-0.3, -0.25) is 4.79 Å². The number of rotatable bonds is 6.